The van der Waals surface area contributed by atoms with Gasteiger partial charge < -0.3 is 24.9 Å². The van der Waals surface area contributed by atoms with E-state index in [1.165, 1.54) is 39.2 Å². The molecule has 0 unspecified atom stereocenters. The number of aryl methyl sites for hydroxylation is 2. The van der Waals surface area contributed by atoms with Gasteiger partial charge in [-0.1, -0.05) is 169 Å². The van der Waals surface area contributed by atoms with Crippen molar-refractivity contribution in [2.75, 3.05) is 0 Å². The fourth-order valence-electron chi connectivity index (χ4n) is 21.2. The van der Waals surface area contributed by atoms with Crippen molar-refractivity contribution in [3.05, 3.63) is 475 Å². The Bertz CT molecular complexity index is 6970. The van der Waals surface area contributed by atoms with Crippen molar-refractivity contribution in [2.24, 2.45) is 0 Å². The lowest BCUT2D eigenvalue weighted by molar-refractivity contribution is 0.388. The van der Waals surface area contributed by atoms with E-state index in [1.807, 2.05) is 92.0 Å². The second-order valence-corrected chi connectivity index (χ2v) is 38.4. The summed E-state index contributed by atoms with van der Waals surface area (Å²) in [6.45, 7) is 3.94. The second-order valence-electron chi connectivity index (χ2n) is 37.0. The first-order chi connectivity index (χ1) is 66.7. The smallest absolute Gasteiger partial charge is 0.311 e. The predicted molar refractivity (Wildman–Crippen MR) is 538 cm³/mol. The zero-order valence-corrected chi connectivity index (χ0v) is 78.7. The molecule has 137 heavy (non-hydrogen) atoms. The highest BCUT2D eigenvalue weighted by Crippen LogP contribution is 2.46. The lowest BCUT2D eigenvalue weighted by Crippen LogP contribution is -2.30. The summed E-state index contributed by atoms with van der Waals surface area (Å²) in [5, 5.41) is 3.31. The molecular weight excluding hydrogens is 1760 g/mol. The molecule has 5 aromatic carbocycles. The van der Waals surface area contributed by atoms with E-state index in [0.29, 0.717) is 100 Å². The number of aromatic nitrogens is 15. The minimum Gasteiger partial charge on any atom is -0.311 e. The second kappa shape index (κ2) is 46.5. The Morgan fingerprint density at radius 1 is 0.270 bits per heavy atom. The van der Waals surface area contributed by atoms with Crippen LogP contribution in [0.15, 0.2) is 291 Å². The van der Waals surface area contributed by atoms with Gasteiger partial charge in [0.25, 0.3) is 27.8 Å². The number of aromatic amines is 10. The maximum atomic E-state index is 12.6. The molecule has 5 aliphatic carbocycles. The molecule has 5 aliphatic rings. The van der Waals surface area contributed by atoms with Crippen molar-refractivity contribution in [1.82, 2.24) is 74.8 Å². The summed E-state index contributed by atoms with van der Waals surface area (Å²) in [7, 11) is 0. The lowest BCUT2D eigenvalue weighted by atomic mass is 9.76. The average molecular weight is 1880 g/mol. The van der Waals surface area contributed by atoms with Gasteiger partial charge in [0, 0.05) is 142 Å². The zero-order valence-electron chi connectivity index (χ0n) is 77.1. The highest BCUT2D eigenvalue weighted by atomic mass is 35.5. The summed E-state index contributed by atoms with van der Waals surface area (Å²) < 4.78 is 0. The Morgan fingerprint density at radius 2 is 0.577 bits per heavy atom. The Balaban J connectivity index is 0.000000124. The van der Waals surface area contributed by atoms with Crippen molar-refractivity contribution >= 4 is 22.9 Å². The summed E-state index contributed by atoms with van der Waals surface area (Å²) in [5.41, 5.74) is 15.7. The number of nitrogens with one attached hydrogen (secondary N) is 10. The van der Waals surface area contributed by atoms with Crippen molar-refractivity contribution in [3.63, 3.8) is 0 Å². The molecule has 10 N–H and O–H groups in total. The van der Waals surface area contributed by atoms with E-state index in [9.17, 15) is 47.9 Å². The molecule has 20 rings (SSSR count). The van der Waals surface area contributed by atoms with Gasteiger partial charge in [0.1, 0.15) is 0 Å². The summed E-state index contributed by atoms with van der Waals surface area (Å²) >= 11 is 7.76. The van der Waals surface area contributed by atoms with Crippen LogP contribution in [-0.4, -0.2) is 74.8 Å². The van der Waals surface area contributed by atoms with Crippen LogP contribution >= 0.6 is 22.9 Å². The molecule has 15 aromatic rings. The number of hydrogen-bond acceptors (Lipinski definition) is 16. The molecule has 0 aliphatic heterocycles. The largest absolute Gasteiger partial charge is 0.325 e. The third-order valence-corrected chi connectivity index (χ3v) is 29.3. The quantitative estimate of drug-likeness (QED) is 0.0339. The van der Waals surface area contributed by atoms with E-state index >= 15 is 0 Å². The van der Waals surface area contributed by atoms with E-state index in [0.717, 1.165) is 190 Å². The molecule has 10 heterocycles. The Morgan fingerprint density at radius 3 is 0.898 bits per heavy atom. The number of halogens is 1. The van der Waals surface area contributed by atoms with Gasteiger partial charge in [-0.25, -0.2) is 29.0 Å². The molecule has 704 valence electrons. The van der Waals surface area contributed by atoms with Crippen molar-refractivity contribution in [2.45, 2.75) is 234 Å². The minimum atomic E-state index is -0.457. The average Bonchev–Trinajstić information content (AvgIpc) is 1.59. The van der Waals surface area contributed by atoms with E-state index in [1.54, 1.807) is 43.1 Å². The molecule has 27 heteroatoms. The van der Waals surface area contributed by atoms with Crippen molar-refractivity contribution in [1.29, 1.82) is 0 Å². The molecule has 10 aromatic heterocycles. The minimum absolute atomic E-state index is 0.160. The van der Waals surface area contributed by atoms with Crippen LogP contribution in [-0.2, 0) is 32.1 Å². The maximum Gasteiger partial charge on any atom is 0.325 e. The van der Waals surface area contributed by atoms with Gasteiger partial charge in [-0.15, -0.1) is 11.3 Å². The number of pyridine rings is 4. The lowest BCUT2D eigenvalue weighted by Gasteiger charge is -2.29. The maximum absolute atomic E-state index is 12.6. The molecule has 5 fully saturated rings. The van der Waals surface area contributed by atoms with Crippen LogP contribution in [0.2, 0.25) is 5.02 Å². The van der Waals surface area contributed by atoms with E-state index < -0.39 is 28.4 Å². The Hall–Kier alpha value is -14.0. The normalized spacial score (nSPS) is 19.6. The number of rotatable bonds is 20. The van der Waals surface area contributed by atoms with Crippen LogP contribution in [0.5, 0.6) is 0 Å². The zero-order chi connectivity index (χ0) is 95.1. The molecule has 0 amide bonds. The van der Waals surface area contributed by atoms with Gasteiger partial charge in [-0.05, 0) is 289 Å². The van der Waals surface area contributed by atoms with Gasteiger partial charge in [0.05, 0.1) is 15.7 Å². The number of benzene rings is 5. The van der Waals surface area contributed by atoms with Crippen molar-refractivity contribution in [3.8, 4) is 0 Å². The van der Waals surface area contributed by atoms with Gasteiger partial charge in [0.15, 0.2) is 0 Å². The van der Waals surface area contributed by atoms with Crippen LogP contribution in [0, 0.1) is 13.8 Å². The highest BCUT2D eigenvalue weighted by molar-refractivity contribution is 7.09. The van der Waals surface area contributed by atoms with Crippen LogP contribution in [0.4, 0.5) is 0 Å². The van der Waals surface area contributed by atoms with Crippen LogP contribution in [0.25, 0.3) is 0 Å². The van der Waals surface area contributed by atoms with Crippen LogP contribution < -0.4 is 56.2 Å². The molecule has 25 nitrogen and oxygen atoms in total. The Labute approximate surface area is 801 Å². The van der Waals surface area contributed by atoms with Gasteiger partial charge in [-0.3, -0.25) is 68.8 Å². The number of thiazole rings is 1. The molecule has 0 bridgehead atoms. The molecule has 0 saturated heterocycles. The van der Waals surface area contributed by atoms with Gasteiger partial charge >= 0.3 is 28.4 Å². The van der Waals surface area contributed by atoms with Crippen molar-refractivity contribution < 1.29 is 0 Å². The first kappa shape index (κ1) is 96.2. The first-order valence-electron chi connectivity index (χ1n) is 47.9. The topological polar surface area (TPSA) is 393 Å². The third-order valence-electron chi connectivity index (χ3n) is 28.2. The molecule has 0 radical (unpaired) electrons. The summed E-state index contributed by atoms with van der Waals surface area (Å²) in [6, 6.07) is 69.9. The molecular formula is C110H116ClN15O10S. The molecule has 5 saturated carbocycles. The van der Waals surface area contributed by atoms with E-state index in [2.05, 4.69) is 196 Å². The number of H-pyrrole nitrogens is 10. The van der Waals surface area contributed by atoms with E-state index in [-0.39, 0.29) is 57.4 Å². The molecule has 0 spiro atoms. The molecule has 0 atom stereocenters. The number of hydrogen-bond donors (Lipinski definition) is 10. The summed E-state index contributed by atoms with van der Waals surface area (Å²) in [6.07, 6.45) is 31.0. The fourth-order valence-corrected chi connectivity index (χ4v) is 22.0. The predicted octanol–water partition coefficient (Wildman–Crippen LogP) is 18.8. The SMILES string of the molecule is Cc1cc(Cc2c(C3CCC(c4ccccc4)CC3)[nH]c(=O)[nH]c2=O)ccn1.Cc1ccnc(Cc2c(C3CCC(c4ccccc4)CC3)[nH]c(=O)[nH]c2=O)c1.O=c1[nH]c(C2CCC(c3ccccc3)CC2)c(Cc2ccccn2)c(=O)[nH]1.O=c1[nH]c(C2CCC(c3ccccc3)CC2)c(Cc2ncccc2Cl)c(=O)[nH]1.O=c1[nH]c(C2CCC(c3ccccc3)CC2)c(Cc2nccs2)c(=O)[nH]1. The fraction of sp³-hybridized carbons (Fsp3) is 0.336. The Kier molecular flexibility index (Phi) is 32.6. The van der Waals surface area contributed by atoms with Crippen LogP contribution in [0.3, 0.4) is 0 Å². The van der Waals surface area contributed by atoms with Gasteiger partial charge in [0.2, 0.25) is 0 Å². The van der Waals surface area contributed by atoms with Gasteiger partial charge in [-0.2, -0.15) is 0 Å². The summed E-state index contributed by atoms with van der Waals surface area (Å²) in [4.78, 5) is 170. The number of nitrogens with zero attached hydrogens (tertiary/aromatic N) is 5. The third kappa shape index (κ3) is 25.6. The highest BCUT2D eigenvalue weighted by Gasteiger charge is 2.34. The van der Waals surface area contributed by atoms with Crippen LogP contribution in [0.1, 0.15) is 311 Å². The summed E-state index contributed by atoms with van der Waals surface area (Å²) in [5.74, 6) is 3.75. The first-order valence-corrected chi connectivity index (χ1v) is 49.2. The standard InChI is InChI=1S/2C23H25N3O2.C22H22ClN3O2.C22H23N3O2.C20H21N3O2S/c1-15-13-16(11-12-24-15)14-20-21(25-23(28)26-22(20)27)19-9-7-18(8-10-19)17-5-3-2-4-6-17;1-15-11-12-24-19(13-15)14-20-21(25-23(28)26-22(20)27)18-9-7-17(8-10-18)16-5-3-2-4-6-16;23-18-7-4-12-24-19(18)13-17-20(25-22(28)26-21(17)27)16-10-8-15(9-11-16)14-5-2-1-3-6-14;26-21-19(14-18-8-4-5-13-23-18)20(24-22(27)25-21)17-11-9-16(10-12-17)15-6-2-1-3-7-15;24-19-16(12-17-21-10-11-26-17)18(22-20(25)23-19)15-8-6-14(7-9-15)13-4-2-1-3-5-13/h2-6,11-13,18-19H,7-10,14H2,1H3,(H2,25,26,27,28);2-6,11-13,17-18H,7-10,14H2,1H3,(H2,25,26,27,28);1-7,12,15-16H,8-11,13H2,(H2,25,26,27,28);1-8,13,16-17H,9-12,14H2,(H2,24,25,26,27);1-5,10-11,14-15H,6-9,12H2,(H2,22,23,24,25). The monoisotopic (exact) mass is 1870 g/mol. The van der Waals surface area contributed by atoms with E-state index in [4.69, 9.17) is 11.6 Å².